The number of aryl methyl sites for hydroxylation is 1. The summed E-state index contributed by atoms with van der Waals surface area (Å²) in [5, 5.41) is 13.6. The molecule has 4 rings (SSSR count). The Morgan fingerprint density at radius 2 is 2.08 bits per heavy atom. The molecule has 0 unspecified atom stereocenters. The first-order valence-electron chi connectivity index (χ1n) is 8.16. The van der Waals surface area contributed by atoms with Crippen LogP contribution in [0.3, 0.4) is 0 Å². The first kappa shape index (κ1) is 15.4. The lowest BCUT2D eigenvalue weighted by Crippen LogP contribution is -2.37. The Labute approximate surface area is 143 Å². The zero-order chi connectivity index (χ0) is 17.4. The summed E-state index contributed by atoms with van der Waals surface area (Å²) in [6.07, 6.45) is 3.34. The predicted molar refractivity (Wildman–Crippen MR) is 91.5 cm³/mol. The van der Waals surface area contributed by atoms with E-state index in [-0.39, 0.29) is 23.3 Å². The van der Waals surface area contributed by atoms with Gasteiger partial charge in [0.1, 0.15) is 18.0 Å². The van der Waals surface area contributed by atoms with Gasteiger partial charge in [0, 0.05) is 24.9 Å². The number of hydrogen-bond donors (Lipinski definition) is 2. The number of rotatable bonds is 4. The van der Waals surface area contributed by atoms with Gasteiger partial charge in [-0.3, -0.25) is 14.7 Å². The van der Waals surface area contributed by atoms with Crippen molar-refractivity contribution in [1.82, 2.24) is 24.5 Å². The van der Waals surface area contributed by atoms with Gasteiger partial charge in [0.15, 0.2) is 0 Å². The van der Waals surface area contributed by atoms with Crippen molar-refractivity contribution >= 4 is 11.7 Å². The third-order valence-electron chi connectivity index (χ3n) is 4.69. The normalized spacial score (nSPS) is 19.4. The highest BCUT2D eigenvalue weighted by Gasteiger charge is 2.40. The van der Waals surface area contributed by atoms with Crippen LogP contribution in [0.2, 0.25) is 0 Å². The van der Waals surface area contributed by atoms with Gasteiger partial charge in [-0.25, -0.2) is 4.68 Å². The van der Waals surface area contributed by atoms with Crippen LogP contribution in [-0.4, -0.2) is 30.5 Å². The molecule has 25 heavy (non-hydrogen) atoms. The van der Waals surface area contributed by atoms with E-state index >= 15 is 0 Å². The lowest BCUT2D eigenvalue weighted by molar-refractivity contribution is -0.123. The topological polar surface area (TPSA) is 97.6 Å². The zero-order valence-corrected chi connectivity index (χ0v) is 13.7. The van der Waals surface area contributed by atoms with Crippen molar-refractivity contribution in [2.24, 2.45) is 13.0 Å². The van der Waals surface area contributed by atoms with E-state index in [4.69, 9.17) is 0 Å². The number of hydrogen-bond acceptors (Lipinski definition) is 4. The quantitative estimate of drug-likeness (QED) is 0.752. The highest BCUT2D eigenvalue weighted by atomic mass is 16.2. The smallest absolute Gasteiger partial charge is 0.266 e. The largest absolute Gasteiger partial charge is 0.320 e. The lowest BCUT2D eigenvalue weighted by Gasteiger charge is -2.34. The molecule has 0 spiro atoms. The summed E-state index contributed by atoms with van der Waals surface area (Å²) in [5.41, 5.74) is 0.510. The molecule has 3 aromatic rings. The van der Waals surface area contributed by atoms with E-state index in [2.05, 4.69) is 20.6 Å². The lowest BCUT2D eigenvalue weighted by atomic mass is 9.72. The summed E-state index contributed by atoms with van der Waals surface area (Å²) >= 11 is 0. The van der Waals surface area contributed by atoms with Gasteiger partial charge in [0.2, 0.25) is 5.91 Å². The van der Waals surface area contributed by atoms with Gasteiger partial charge in [-0.15, -0.1) is 10.2 Å². The van der Waals surface area contributed by atoms with Gasteiger partial charge >= 0.3 is 0 Å². The van der Waals surface area contributed by atoms with Crippen LogP contribution in [0.5, 0.6) is 0 Å². The average molecular weight is 338 g/mol. The van der Waals surface area contributed by atoms with Crippen LogP contribution in [0.1, 0.15) is 24.6 Å². The minimum atomic E-state index is -0.266. The van der Waals surface area contributed by atoms with E-state index in [0.717, 1.165) is 24.4 Å². The Morgan fingerprint density at radius 1 is 1.28 bits per heavy atom. The maximum Gasteiger partial charge on any atom is 0.266 e. The molecule has 1 saturated carbocycles. The molecule has 1 fully saturated rings. The van der Waals surface area contributed by atoms with Gasteiger partial charge in [-0.05, 0) is 25.0 Å². The highest BCUT2D eigenvalue weighted by Crippen LogP contribution is 2.42. The summed E-state index contributed by atoms with van der Waals surface area (Å²) in [5.74, 6) is 1.04. The van der Waals surface area contributed by atoms with E-state index in [9.17, 15) is 9.59 Å². The molecular weight excluding hydrogens is 320 g/mol. The highest BCUT2D eigenvalue weighted by molar-refractivity contribution is 5.93. The molecule has 0 bridgehead atoms. The van der Waals surface area contributed by atoms with Gasteiger partial charge in [-0.1, -0.05) is 18.2 Å². The molecule has 1 aliphatic rings. The van der Waals surface area contributed by atoms with Crippen molar-refractivity contribution in [1.29, 1.82) is 0 Å². The van der Waals surface area contributed by atoms with Gasteiger partial charge < -0.3 is 9.88 Å². The summed E-state index contributed by atoms with van der Waals surface area (Å²) < 4.78 is 3.43. The second kappa shape index (κ2) is 6.04. The van der Waals surface area contributed by atoms with Crippen LogP contribution in [0, 0.1) is 5.92 Å². The number of nitrogens with one attached hydrogen (secondary N) is 2. The number of aromatic amines is 1. The number of carbonyl (C=O) groups excluding carboxylic acids is 1. The molecule has 1 amide bonds. The van der Waals surface area contributed by atoms with Crippen LogP contribution in [-0.2, 0) is 11.8 Å². The SMILES string of the molecule is Cn1cnnc1[C@@H]1CC[C@@H]1C(=O)Nc1cc(=O)[nH]n1-c1ccccc1. The molecule has 0 saturated heterocycles. The minimum absolute atomic E-state index is 0.0586. The van der Waals surface area contributed by atoms with Crippen LogP contribution in [0.25, 0.3) is 5.69 Å². The van der Waals surface area contributed by atoms with Gasteiger partial charge in [-0.2, -0.15) is 0 Å². The average Bonchev–Trinajstić information content (AvgIpc) is 3.13. The van der Waals surface area contributed by atoms with E-state index < -0.39 is 0 Å². The van der Waals surface area contributed by atoms with Crippen molar-refractivity contribution in [2.75, 3.05) is 5.32 Å². The molecule has 2 atom stereocenters. The molecular formula is C17H18N6O2. The maximum absolute atomic E-state index is 12.7. The first-order chi connectivity index (χ1) is 12.1. The van der Waals surface area contributed by atoms with Crippen molar-refractivity contribution < 1.29 is 4.79 Å². The van der Waals surface area contributed by atoms with Crippen molar-refractivity contribution in [2.45, 2.75) is 18.8 Å². The number of H-pyrrole nitrogens is 1. The van der Waals surface area contributed by atoms with E-state index in [1.807, 2.05) is 41.9 Å². The Hall–Kier alpha value is -3.16. The number of nitrogens with zero attached hydrogens (tertiary/aromatic N) is 4. The fraction of sp³-hybridized carbons (Fsp3) is 0.294. The van der Waals surface area contributed by atoms with Crippen LogP contribution in [0.15, 0.2) is 47.5 Å². The van der Waals surface area contributed by atoms with Gasteiger partial charge in [0.25, 0.3) is 5.56 Å². The van der Waals surface area contributed by atoms with Crippen molar-refractivity contribution in [3.63, 3.8) is 0 Å². The Bertz CT molecular complexity index is 955. The zero-order valence-electron chi connectivity index (χ0n) is 13.7. The molecule has 2 heterocycles. The van der Waals surface area contributed by atoms with E-state index in [0.29, 0.717) is 5.82 Å². The second-order valence-electron chi connectivity index (χ2n) is 6.26. The Kier molecular flexibility index (Phi) is 3.72. The predicted octanol–water partition coefficient (Wildman–Crippen LogP) is 1.43. The molecule has 2 N–H and O–H groups in total. The van der Waals surface area contributed by atoms with Crippen LogP contribution in [0.4, 0.5) is 5.82 Å². The van der Waals surface area contributed by atoms with Crippen molar-refractivity contribution in [3.8, 4) is 5.69 Å². The molecule has 8 nitrogen and oxygen atoms in total. The summed E-state index contributed by atoms with van der Waals surface area (Å²) in [6.45, 7) is 0. The molecule has 0 radical (unpaired) electrons. The summed E-state index contributed by atoms with van der Waals surface area (Å²) in [7, 11) is 1.88. The van der Waals surface area contributed by atoms with Crippen LogP contribution >= 0.6 is 0 Å². The molecule has 0 aliphatic heterocycles. The fourth-order valence-electron chi connectivity index (χ4n) is 3.23. The van der Waals surface area contributed by atoms with Crippen molar-refractivity contribution in [3.05, 3.63) is 58.9 Å². The van der Waals surface area contributed by atoms with Gasteiger partial charge in [0.05, 0.1) is 5.69 Å². The van der Waals surface area contributed by atoms with E-state index in [1.165, 1.54) is 6.07 Å². The molecule has 1 aliphatic carbocycles. The fourth-order valence-corrected chi connectivity index (χ4v) is 3.23. The summed E-state index contributed by atoms with van der Waals surface area (Å²) in [6, 6.07) is 10.7. The number of carbonyl (C=O) groups is 1. The Morgan fingerprint density at radius 3 is 2.72 bits per heavy atom. The standard InChI is InChI=1S/C17H18N6O2/c1-22-10-18-20-16(22)12-7-8-13(12)17(25)19-14-9-15(24)21-23(14)11-5-3-2-4-6-11/h2-6,9-10,12-13H,7-8H2,1H3,(H,19,25)(H,21,24)/t12-,13+/m1/s1. The number of anilines is 1. The number of amides is 1. The monoisotopic (exact) mass is 338 g/mol. The molecule has 2 aromatic heterocycles. The third-order valence-corrected chi connectivity index (χ3v) is 4.69. The van der Waals surface area contributed by atoms with Crippen LogP contribution < -0.4 is 10.9 Å². The molecule has 1 aromatic carbocycles. The molecule has 128 valence electrons. The summed E-state index contributed by atoms with van der Waals surface area (Å²) in [4.78, 5) is 24.5. The number of para-hydroxylation sites is 1. The maximum atomic E-state index is 12.7. The third kappa shape index (κ3) is 2.75. The van der Waals surface area contributed by atoms with E-state index in [1.54, 1.807) is 11.0 Å². The number of aromatic nitrogens is 5. The number of benzene rings is 1. The minimum Gasteiger partial charge on any atom is -0.320 e. The second-order valence-corrected chi connectivity index (χ2v) is 6.26. The Balaban J connectivity index is 1.56. The first-order valence-corrected chi connectivity index (χ1v) is 8.16. The molecule has 8 heteroatoms.